The molecule has 1 heterocycles. The summed E-state index contributed by atoms with van der Waals surface area (Å²) in [7, 11) is 0. The molecule has 0 saturated carbocycles. The van der Waals surface area contributed by atoms with Gasteiger partial charge in [-0.2, -0.15) is 24.4 Å². The fraction of sp³-hybridized carbons (Fsp3) is 0.500. The molecule has 1 aromatic carbocycles. The van der Waals surface area contributed by atoms with Crippen molar-refractivity contribution < 1.29 is 39.0 Å². The number of phenols is 1. The molecule has 0 aliphatic heterocycles. The average Bonchev–Trinajstić information content (AvgIpc) is 3.56. The number of aromatic hydroxyl groups is 1. The fourth-order valence-electron chi connectivity index (χ4n) is 4.36. The van der Waals surface area contributed by atoms with E-state index in [0.29, 0.717) is 17.0 Å². The highest BCUT2D eigenvalue weighted by Crippen LogP contribution is 2.12. The molecular weight excluding hydrogens is 665 g/mol. The summed E-state index contributed by atoms with van der Waals surface area (Å²) in [4.78, 5) is 83.2. The maximum Gasteiger partial charge on any atom is 0.326 e. The van der Waals surface area contributed by atoms with E-state index in [1.54, 1.807) is 32.2 Å². The minimum absolute atomic E-state index is 0.00350. The van der Waals surface area contributed by atoms with Gasteiger partial charge in [-0.1, -0.05) is 26.0 Å². The summed E-state index contributed by atoms with van der Waals surface area (Å²) < 4.78 is 0. The molecule has 0 radical (unpaired) electrons. The van der Waals surface area contributed by atoms with Crippen LogP contribution in [0.1, 0.15) is 31.5 Å². The minimum Gasteiger partial charge on any atom is -0.508 e. The Labute approximate surface area is 288 Å². The molecule has 5 amide bonds. The number of aliphatic carboxylic acids is 1. The van der Waals surface area contributed by atoms with Crippen molar-refractivity contribution >= 4 is 59.9 Å². The SMILES string of the molecule is CSCC[C@H](NC(=O)[C@H](CS)NC(=O)CNC(=O)[C@H](Cc1ccc(O)cc1)NC(=O)[C@@H](NC(=O)[C@@H](N)Cc1cnc[nH]1)C(C)C)C(=O)O. The van der Waals surface area contributed by atoms with Gasteiger partial charge in [-0.25, -0.2) is 9.78 Å². The number of carboxylic acid groups (broad SMARTS) is 1. The molecule has 0 unspecified atom stereocenters. The molecule has 0 bridgehead atoms. The van der Waals surface area contributed by atoms with Crippen LogP contribution >= 0.6 is 24.4 Å². The lowest BCUT2D eigenvalue weighted by atomic mass is 10.00. The second kappa shape index (κ2) is 20.2. The third-order valence-corrected chi connectivity index (χ3v) is 8.08. The Morgan fingerprint density at radius 1 is 0.917 bits per heavy atom. The molecule has 0 aliphatic rings. The van der Waals surface area contributed by atoms with Crippen molar-refractivity contribution in [3.63, 3.8) is 0 Å². The molecule has 1 aromatic heterocycles. The first kappa shape index (κ1) is 39.9. The van der Waals surface area contributed by atoms with E-state index in [4.69, 9.17) is 5.73 Å². The summed E-state index contributed by atoms with van der Waals surface area (Å²) in [6.45, 7) is 2.83. The maximum absolute atomic E-state index is 13.4. The molecule has 264 valence electrons. The van der Waals surface area contributed by atoms with E-state index in [2.05, 4.69) is 49.2 Å². The molecule has 0 spiro atoms. The van der Waals surface area contributed by atoms with Crippen LogP contribution in [0, 0.1) is 5.92 Å². The van der Waals surface area contributed by atoms with Crippen LogP contribution in [0.5, 0.6) is 5.75 Å². The second-order valence-electron chi connectivity index (χ2n) is 11.3. The Balaban J connectivity index is 2.10. The summed E-state index contributed by atoms with van der Waals surface area (Å²) >= 11 is 5.51. The van der Waals surface area contributed by atoms with Crippen LogP contribution in [-0.4, -0.2) is 110 Å². The number of hydrogen-bond acceptors (Lipinski definition) is 11. The maximum atomic E-state index is 13.4. The summed E-state index contributed by atoms with van der Waals surface area (Å²) in [5.74, 6) is -4.78. The number of carboxylic acids is 1. The zero-order valence-corrected chi connectivity index (χ0v) is 28.6. The van der Waals surface area contributed by atoms with Crippen LogP contribution in [0.4, 0.5) is 0 Å². The van der Waals surface area contributed by atoms with E-state index in [-0.39, 0.29) is 30.8 Å². The molecule has 0 fully saturated rings. The lowest BCUT2D eigenvalue weighted by Crippen LogP contribution is -2.58. The van der Waals surface area contributed by atoms with Gasteiger partial charge in [0.2, 0.25) is 29.5 Å². The first-order valence-corrected chi connectivity index (χ1v) is 17.1. The number of aromatic nitrogens is 2. The first-order chi connectivity index (χ1) is 22.7. The largest absolute Gasteiger partial charge is 0.508 e. The summed E-state index contributed by atoms with van der Waals surface area (Å²) in [5, 5.41) is 31.6. The number of nitrogens with zero attached hydrogens (tertiary/aromatic N) is 1. The van der Waals surface area contributed by atoms with Crippen molar-refractivity contribution in [1.29, 1.82) is 0 Å². The van der Waals surface area contributed by atoms with E-state index in [1.165, 1.54) is 36.4 Å². The highest BCUT2D eigenvalue weighted by molar-refractivity contribution is 7.98. The number of nitrogens with two attached hydrogens (primary N) is 1. The number of thioether (sulfide) groups is 1. The van der Waals surface area contributed by atoms with E-state index in [0.717, 1.165) is 0 Å². The van der Waals surface area contributed by atoms with E-state index < -0.39 is 78.2 Å². The van der Waals surface area contributed by atoms with Gasteiger partial charge in [-0.05, 0) is 42.0 Å². The number of aromatic amines is 1. The van der Waals surface area contributed by atoms with Crippen LogP contribution in [-0.2, 0) is 41.6 Å². The summed E-state index contributed by atoms with van der Waals surface area (Å²) in [6, 6.07) is 0.340. The molecule has 0 saturated heterocycles. The molecule has 10 N–H and O–H groups in total. The van der Waals surface area contributed by atoms with Crippen LogP contribution in [0.3, 0.4) is 0 Å². The van der Waals surface area contributed by atoms with Gasteiger partial charge in [-0.15, -0.1) is 0 Å². The van der Waals surface area contributed by atoms with Crippen LogP contribution in [0.2, 0.25) is 0 Å². The number of benzene rings is 1. The van der Waals surface area contributed by atoms with Gasteiger partial charge in [0.05, 0.1) is 18.9 Å². The number of rotatable bonds is 20. The lowest BCUT2D eigenvalue weighted by Gasteiger charge is -2.26. The van der Waals surface area contributed by atoms with Crippen LogP contribution in [0.25, 0.3) is 0 Å². The number of phenolic OH excluding ortho intramolecular Hbond substituents is 1. The number of carbonyl (C=O) groups excluding carboxylic acids is 5. The number of imidazole rings is 1. The quantitative estimate of drug-likeness (QED) is 0.0724. The average molecular weight is 709 g/mol. The molecule has 16 nitrogen and oxygen atoms in total. The normalized spacial score (nSPS) is 14.1. The Morgan fingerprint density at radius 3 is 2.15 bits per heavy atom. The highest BCUT2D eigenvalue weighted by Gasteiger charge is 2.31. The van der Waals surface area contributed by atoms with Crippen LogP contribution < -0.4 is 32.3 Å². The number of amides is 5. The topological polar surface area (TPSA) is 258 Å². The zero-order valence-electron chi connectivity index (χ0n) is 26.9. The number of hydrogen-bond donors (Lipinski definition) is 10. The minimum atomic E-state index is -1.22. The van der Waals surface area contributed by atoms with Gasteiger partial charge in [-0.3, -0.25) is 24.0 Å². The molecule has 5 atom stereocenters. The molecule has 48 heavy (non-hydrogen) atoms. The van der Waals surface area contributed by atoms with Gasteiger partial charge in [0.25, 0.3) is 0 Å². The Hall–Kier alpha value is -4.29. The standard InChI is InChI=1S/C30H44N8O8S2/c1-16(2)25(38-26(41)20(31)11-18-12-32-15-34-18)29(44)37-22(10-17-4-6-19(39)7-5-17)27(42)33-13-24(40)35-23(14-47)28(43)36-21(30(45)46)8-9-48-3/h4-7,12,15-16,20-23,25,39,47H,8-11,13-14,31H2,1-3H3,(H,32,34)(H,33,42)(H,35,40)(H,36,43)(H,37,44)(H,38,41)(H,45,46)/t20-,21-,22-,23-,25-/m0/s1. The molecule has 18 heteroatoms. The van der Waals surface area contributed by atoms with E-state index >= 15 is 0 Å². The lowest BCUT2D eigenvalue weighted by molar-refractivity contribution is -0.142. The van der Waals surface area contributed by atoms with Gasteiger partial charge < -0.3 is 47.5 Å². The van der Waals surface area contributed by atoms with Crippen molar-refractivity contribution in [3.8, 4) is 5.75 Å². The van der Waals surface area contributed by atoms with Gasteiger partial charge >= 0.3 is 5.97 Å². The zero-order chi connectivity index (χ0) is 35.8. The number of H-pyrrole nitrogens is 1. The predicted octanol–water partition coefficient (Wildman–Crippen LogP) is -1.29. The molecular formula is C30H44N8O8S2. The number of carbonyl (C=O) groups is 6. The molecule has 0 aliphatic carbocycles. The number of thiol groups is 1. The van der Waals surface area contributed by atoms with Crippen molar-refractivity contribution in [1.82, 2.24) is 36.6 Å². The Bertz CT molecular complexity index is 1380. The molecule has 2 aromatic rings. The highest BCUT2D eigenvalue weighted by atomic mass is 32.2. The third kappa shape index (κ3) is 13.4. The van der Waals surface area contributed by atoms with Crippen molar-refractivity contribution in [3.05, 3.63) is 48.0 Å². The third-order valence-electron chi connectivity index (χ3n) is 7.07. The Kier molecular flexibility index (Phi) is 16.8. The smallest absolute Gasteiger partial charge is 0.326 e. The van der Waals surface area contributed by atoms with E-state index in [9.17, 15) is 39.0 Å². The van der Waals surface area contributed by atoms with Gasteiger partial charge in [0.1, 0.15) is 29.9 Å². The molecule has 2 rings (SSSR count). The van der Waals surface area contributed by atoms with Crippen molar-refractivity contribution in [2.45, 2.75) is 63.3 Å². The monoisotopic (exact) mass is 708 g/mol. The second-order valence-corrected chi connectivity index (χ2v) is 12.6. The Morgan fingerprint density at radius 2 is 1.58 bits per heavy atom. The number of nitrogens with one attached hydrogen (secondary N) is 6. The summed E-state index contributed by atoms with van der Waals surface area (Å²) in [6.07, 6.45) is 5.08. The van der Waals surface area contributed by atoms with Crippen molar-refractivity contribution in [2.24, 2.45) is 11.7 Å². The fourth-order valence-corrected chi connectivity index (χ4v) is 5.08. The van der Waals surface area contributed by atoms with Gasteiger partial charge in [0, 0.05) is 30.5 Å². The first-order valence-electron chi connectivity index (χ1n) is 15.1. The van der Waals surface area contributed by atoms with E-state index in [1.807, 2.05) is 0 Å². The summed E-state index contributed by atoms with van der Waals surface area (Å²) in [5.41, 5.74) is 7.25. The van der Waals surface area contributed by atoms with Crippen LogP contribution in [0.15, 0.2) is 36.8 Å². The van der Waals surface area contributed by atoms with Crippen molar-refractivity contribution in [2.75, 3.05) is 24.3 Å². The predicted molar refractivity (Wildman–Crippen MR) is 182 cm³/mol. The van der Waals surface area contributed by atoms with Gasteiger partial charge in [0.15, 0.2) is 0 Å².